The third kappa shape index (κ3) is 5.16. The zero-order valence-corrected chi connectivity index (χ0v) is 23.0. The van der Waals surface area contributed by atoms with Crippen molar-refractivity contribution in [3.8, 4) is 34.5 Å². The van der Waals surface area contributed by atoms with Gasteiger partial charge in [-0.1, -0.05) is 18.2 Å². The lowest BCUT2D eigenvalue weighted by Crippen LogP contribution is -2.42. The fourth-order valence-electron chi connectivity index (χ4n) is 5.40. The van der Waals surface area contributed by atoms with E-state index in [0.717, 1.165) is 34.2 Å². The van der Waals surface area contributed by atoms with Gasteiger partial charge < -0.3 is 14.6 Å². The number of hydrogen-bond donors (Lipinski definition) is 1. The van der Waals surface area contributed by atoms with E-state index in [4.69, 9.17) is 4.74 Å². The number of halogens is 1. The predicted molar refractivity (Wildman–Crippen MR) is 152 cm³/mol. The van der Waals surface area contributed by atoms with Crippen LogP contribution in [0.4, 0.5) is 10.2 Å². The first-order valence-electron chi connectivity index (χ1n) is 13.7. The summed E-state index contributed by atoms with van der Waals surface area (Å²) in [6, 6.07) is 17.1. The second-order valence-electron chi connectivity index (χ2n) is 10.6. The van der Waals surface area contributed by atoms with E-state index in [1.807, 2.05) is 50.4 Å². The third-order valence-corrected chi connectivity index (χ3v) is 7.77. The molecule has 2 aromatic carbocycles. The summed E-state index contributed by atoms with van der Waals surface area (Å²) in [5.74, 6) is 1.31. The highest BCUT2D eigenvalue weighted by Gasteiger charge is 2.36. The van der Waals surface area contributed by atoms with Gasteiger partial charge in [-0.2, -0.15) is 10.2 Å². The van der Waals surface area contributed by atoms with Crippen molar-refractivity contribution >= 4 is 11.7 Å². The molecule has 1 N–H and O–H groups in total. The lowest BCUT2D eigenvalue weighted by Gasteiger charge is -2.33. The Kier molecular flexibility index (Phi) is 6.97. The number of benzene rings is 2. The van der Waals surface area contributed by atoms with Crippen LogP contribution in [0.2, 0.25) is 0 Å². The van der Waals surface area contributed by atoms with Crippen molar-refractivity contribution in [2.24, 2.45) is 7.05 Å². The minimum Gasteiger partial charge on any atom is -0.478 e. The van der Waals surface area contributed by atoms with Gasteiger partial charge in [-0.3, -0.25) is 9.69 Å². The average Bonchev–Trinajstić information content (AvgIpc) is 3.54. The highest BCUT2D eigenvalue weighted by Crippen LogP contribution is 2.37. The molecular weight excluding hydrogens is 521 g/mol. The van der Waals surface area contributed by atoms with E-state index in [-0.39, 0.29) is 5.91 Å². The number of carbonyl (C=O) groups is 1. The number of hydrogen-bond acceptors (Lipinski definition) is 7. The van der Waals surface area contributed by atoms with Crippen molar-refractivity contribution < 1.29 is 13.9 Å². The molecule has 0 spiro atoms. The molecule has 1 amide bonds. The number of fused-ring (bicyclic) bond motifs is 1. The fourth-order valence-corrected chi connectivity index (χ4v) is 5.40. The van der Waals surface area contributed by atoms with Gasteiger partial charge in [0.05, 0.1) is 24.8 Å². The Labute approximate surface area is 237 Å². The number of rotatable bonds is 9. The predicted octanol–water partition coefficient (Wildman–Crippen LogP) is 4.96. The summed E-state index contributed by atoms with van der Waals surface area (Å²) in [6.45, 7) is 3.48. The summed E-state index contributed by atoms with van der Waals surface area (Å²) in [4.78, 5) is 20.0. The summed E-state index contributed by atoms with van der Waals surface area (Å²) in [6.07, 6.45) is 3.76. The van der Waals surface area contributed by atoms with Crippen molar-refractivity contribution in [2.45, 2.75) is 44.9 Å². The van der Waals surface area contributed by atoms with Gasteiger partial charge >= 0.3 is 0 Å². The molecular formula is C31H30FN7O2. The molecule has 3 heterocycles. The highest BCUT2D eigenvalue weighted by atomic mass is 19.1. The minimum absolute atomic E-state index is 0.150. The largest absolute Gasteiger partial charge is 0.478 e. The Bertz CT molecular complexity index is 1670. The van der Waals surface area contributed by atoms with Gasteiger partial charge in [0.1, 0.15) is 17.8 Å². The summed E-state index contributed by atoms with van der Waals surface area (Å²) in [7, 11) is 1.84. The van der Waals surface area contributed by atoms with E-state index in [2.05, 4.69) is 26.6 Å². The molecule has 0 bridgehead atoms. The molecule has 1 aliphatic carbocycles. The quantitative estimate of drug-likeness (QED) is 0.313. The maximum Gasteiger partial charge on any atom is 0.260 e. The monoisotopic (exact) mass is 551 g/mol. The molecule has 2 aromatic heterocycles. The van der Waals surface area contributed by atoms with Crippen LogP contribution in [0.15, 0.2) is 54.9 Å². The van der Waals surface area contributed by atoms with Crippen LogP contribution in [0.5, 0.6) is 5.88 Å². The van der Waals surface area contributed by atoms with Crippen molar-refractivity contribution in [1.82, 2.24) is 25.1 Å². The first-order valence-corrected chi connectivity index (χ1v) is 13.7. The molecule has 1 aliphatic heterocycles. The van der Waals surface area contributed by atoms with E-state index in [1.165, 1.54) is 0 Å². The van der Waals surface area contributed by atoms with E-state index in [9.17, 15) is 14.4 Å². The van der Waals surface area contributed by atoms with Crippen molar-refractivity contribution in [3.05, 3.63) is 77.1 Å². The molecule has 4 aromatic rings. The zero-order valence-electron chi connectivity index (χ0n) is 23.0. The number of ether oxygens (including phenoxy) is 1. The van der Waals surface area contributed by atoms with Crippen molar-refractivity contribution in [1.29, 1.82) is 5.26 Å². The number of nitriles is 1. The fraction of sp³-hybridized carbons (Fsp3) is 0.323. The Morgan fingerprint density at radius 2 is 1.98 bits per heavy atom. The van der Waals surface area contributed by atoms with Crippen LogP contribution in [-0.2, 0) is 20.1 Å². The number of pyridine rings is 1. The second-order valence-corrected chi connectivity index (χ2v) is 10.6. The van der Waals surface area contributed by atoms with Gasteiger partial charge in [-0.05, 0) is 72.7 Å². The van der Waals surface area contributed by atoms with Crippen LogP contribution >= 0.6 is 0 Å². The lowest BCUT2D eigenvalue weighted by molar-refractivity contribution is 0.0630. The SMILES string of the molecule is CCOc1cc(-c2ccc(C#N)cc2-c2nncn2C)cc(N2Cc3ccc(CNCC4(F)CCC4)cc3C2=O)n1. The maximum atomic E-state index is 14.4. The number of alkyl halides is 1. The molecule has 208 valence electrons. The molecule has 10 heteroatoms. The van der Waals surface area contributed by atoms with Gasteiger partial charge in [0, 0.05) is 37.3 Å². The molecule has 0 unspecified atom stereocenters. The highest BCUT2D eigenvalue weighted by molar-refractivity contribution is 6.10. The van der Waals surface area contributed by atoms with Crippen molar-refractivity contribution in [2.75, 3.05) is 18.1 Å². The number of nitrogens with one attached hydrogen (secondary N) is 1. The van der Waals surface area contributed by atoms with Crippen LogP contribution < -0.4 is 15.0 Å². The Hall–Kier alpha value is -4.62. The molecule has 1 fully saturated rings. The summed E-state index contributed by atoms with van der Waals surface area (Å²) < 4.78 is 22.0. The molecule has 0 radical (unpaired) electrons. The van der Waals surface area contributed by atoms with Crippen molar-refractivity contribution in [3.63, 3.8) is 0 Å². The van der Waals surface area contributed by atoms with Gasteiger partial charge in [0.2, 0.25) is 5.88 Å². The molecule has 9 nitrogen and oxygen atoms in total. The Morgan fingerprint density at radius 3 is 2.68 bits per heavy atom. The topological polar surface area (TPSA) is 109 Å². The van der Waals surface area contributed by atoms with Gasteiger partial charge in [0.15, 0.2) is 5.82 Å². The number of carbonyl (C=O) groups excluding carboxylic acids is 1. The van der Waals surface area contributed by atoms with E-state index < -0.39 is 5.67 Å². The zero-order chi connectivity index (χ0) is 28.6. The Morgan fingerprint density at radius 1 is 1.12 bits per heavy atom. The lowest BCUT2D eigenvalue weighted by atomic mass is 9.82. The summed E-state index contributed by atoms with van der Waals surface area (Å²) in [5.41, 5.74) is 4.16. The van der Waals surface area contributed by atoms with E-state index in [1.54, 1.807) is 27.9 Å². The number of nitrogens with zero attached hydrogens (tertiary/aromatic N) is 6. The van der Waals surface area contributed by atoms with Crippen LogP contribution in [0.1, 0.15) is 53.2 Å². The number of aryl methyl sites for hydroxylation is 1. The summed E-state index contributed by atoms with van der Waals surface area (Å²) >= 11 is 0. The molecule has 1 saturated carbocycles. The number of amides is 1. The maximum absolute atomic E-state index is 14.4. The molecule has 2 aliphatic rings. The van der Waals surface area contributed by atoms with Crippen LogP contribution in [-0.4, -0.2) is 44.5 Å². The third-order valence-electron chi connectivity index (χ3n) is 7.77. The van der Waals surface area contributed by atoms with Gasteiger partial charge in [-0.15, -0.1) is 10.2 Å². The first-order chi connectivity index (χ1) is 19.9. The normalized spacial score (nSPS) is 15.4. The summed E-state index contributed by atoms with van der Waals surface area (Å²) in [5, 5.41) is 21.0. The smallest absolute Gasteiger partial charge is 0.260 e. The molecule has 6 rings (SSSR count). The first kappa shape index (κ1) is 26.6. The average molecular weight is 552 g/mol. The van der Waals surface area contributed by atoms with E-state index >= 15 is 0 Å². The van der Waals surface area contributed by atoms with Crippen LogP contribution in [0, 0.1) is 11.3 Å². The Balaban J connectivity index is 1.32. The minimum atomic E-state index is -1.10. The molecule has 0 atom stereocenters. The van der Waals surface area contributed by atoms with E-state index in [0.29, 0.717) is 67.7 Å². The van der Waals surface area contributed by atoms with Gasteiger partial charge in [0.25, 0.3) is 5.91 Å². The molecule has 0 saturated heterocycles. The van der Waals surface area contributed by atoms with Gasteiger partial charge in [-0.25, -0.2) is 4.39 Å². The van der Waals surface area contributed by atoms with Crippen LogP contribution in [0.25, 0.3) is 22.5 Å². The van der Waals surface area contributed by atoms with Crippen LogP contribution in [0.3, 0.4) is 0 Å². The standard InChI is InChI=1S/C31H30FN7O2/c1-3-41-28-14-23(24-8-6-20(15-33)11-26(24)29-37-35-19-38(29)2)13-27(36-28)39-17-22-7-5-21(12-25(22)30(39)40)16-34-18-31(32)9-4-10-31/h5-8,11-14,19,34H,3-4,9-10,16-18H2,1-2H3. The molecule has 41 heavy (non-hydrogen) atoms. The second kappa shape index (κ2) is 10.7. The number of anilines is 1. The number of aromatic nitrogens is 4.